The van der Waals surface area contributed by atoms with Crippen molar-refractivity contribution in [3.63, 3.8) is 0 Å². The van der Waals surface area contributed by atoms with Gasteiger partial charge < -0.3 is 34.6 Å². The maximum atomic E-state index is 13.2. The first kappa shape index (κ1) is 25.9. The van der Waals surface area contributed by atoms with E-state index in [9.17, 15) is 14.4 Å². The molecule has 188 valence electrons. The molecule has 0 bridgehead atoms. The number of benzene rings is 1. The van der Waals surface area contributed by atoms with Crippen LogP contribution in [0.15, 0.2) is 18.2 Å². The summed E-state index contributed by atoms with van der Waals surface area (Å²) in [7, 11) is 7.21. The Morgan fingerprint density at radius 3 is 2.76 bits per heavy atom. The third kappa shape index (κ3) is 6.91. The largest absolute Gasteiger partial charge is 0.490 e. The van der Waals surface area contributed by atoms with Gasteiger partial charge in [-0.15, -0.1) is 0 Å². The molecule has 1 aromatic rings. The summed E-state index contributed by atoms with van der Waals surface area (Å²) in [6.45, 7) is 1.76. The smallest absolute Gasteiger partial charge is 0.257 e. The molecule has 2 heterocycles. The van der Waals surface area contributed by atoms with Gasteiger partial charge in [-0.3, -0.25) is 14.4 Å². The zero-order chi connectivity index (χ0) is 24.7. The van der Waals surface area contributed by atoms with E-state index in [0.29, 0.717) is 42.8 Å². The van der Waals surface area contributed by atoms with Crippen molar-refractivity contribution < 1.29 is 28.6 Å². The third-order valence-corrected chi connectivity index (χ3v) is 6.09. The van der Waals surface area contributed by atoms with Gasteiger partial charge in [-0.2, -0.15) is 0 Å². The predicted molar refractivity (Wildman–Crippen MR) is 127 cm³/mol. The van der Waals surface area contributed by atoms with E-state index >= 15 is 0 Å². The predicted octanol–water partition coefficient (Wildman–Crippen LogP) is 1.11. The Morgan fingerprint density at radius 1 is 1.24 bits per heavy atom. The van der Waals surface area contributed by atoms with E-state index in [2.05, 4.69) is 15.5 Å². The van der Waals surface area contributed by atoms with E-state index in [1.165, 1.54) is 7.11 Å². The molecule has 0 spiro atoms. The number of nitrogens with zero attached hydrogens (tertiary/aromatic N) is 2. The van der Waals surface area contributed by atoms with Crippen molar-refractivity contribution in [2.75, 3.05) is 59.9 Å². The van der Waals surface area contributed by atoms with Crippen molar-refractivity contribution in [1.82, 2.24) is 15.1 Å². The number of ether oxygens (including phenoxy) is 3. The molecular formula is C24H36N4O6. The van der Waals surface area contributed by atoms with Gasteiger partial charge in [0.15, 0.2) is 0 Å². The minimum absolute atomic E-state index is 0.0215. The van der Waals surface area contributed by atoms with E-state index in [-0.39, 0.29) is 49.2 Å². The molecule has 3 atom stereocenters. The van der Waals surface area contributed by atoms with E-state index in [1.807, 2.05) is 14.1 Å². The Kier molecular flexibility index (Phi) is 9.26. The number of methoxy groups -OCH3 is 1. The van der Waals surface area contributed by atoms with Gasteiger partial charge in [-0.1, -0.05) is 0 Å². The maximum Gasteiger partial charge on any atom is 0.257 e. The minimum atomic E-state index is -0.330. The fourth-order valence-electron chi connectivity index (χ4n) is 4.34. The Balaban J connectivity index is 1.61. The van der Waals surface area contributed by atoms with Gasteiger partial charge in [0.1, 0.15) is 25.1 Å². The fraction of sp³-hybridized carbons (Fsp3) is 0.625. The van der Waals surface area contributed by atoms with Gasteiger partial charge in [0.05, 0.1) is 24.1 Å². The lowest BCUT2D eigenvalue weighted by atomic mass is 9.94. The van der Waals surface area contributed by atoms with Gasteiger partial charge in [-0.05, 0) is 58.1 Å². The second-order valence-corrected chi connectivity index (χ2v) is 9.07. The molecule has 0 radical (unpaired) electrons. The molecule has 0 aromatic heterocycles. The summed E-state index contributed by atoms with van der Waals surface area (Å²) >= 11 is 0. The van der Waals surface area contributed by atoms with E-state index in [1.54, 1.807) is 30.1 Å². The van der Waals surface area contributed by atoms with Crippen LogP contribution < -0.4 is 15.4 Å². The lowest BCUT2D eigenvalue weighted by molar-refractivity contribution is -0.134. The quantitative estimate of drug-likeness (QED) is 0.514. The first-order valence-electron chi connectivity index (χ1n) is 11.7. The number of hydrogen-bond acceptors (Lipinski definition) is 7. The molecule has 1 saturated heterocycles. The molecule has 3 amide bonds. The van der Waals surface area contributed by atoms with Gasteiger partial charge in [-0.25, -0.2) is 0 Å². The van der Waals surface area contributed by atoms with Gasteiger partial charge in [0, 0.05) is 26.4 Å². The summed E-state index contributed by atoms with van der Waals surface area (Å²) in [4.78, 5) is 41.2. The molecule has 1 aromatic carbocycles. The lowest BCUT2D eigenvalue weighted by Crippen LogP contribution is -2.54. The van der Waals surface area contributed by atoms with Crippen molar-refractivity contribution in [2.45, 2.75) is 43.9 Å². The highest BCUT2D eigenvalue weighted by atomic mass is 16.5. The molecule has 0 aliphatic carbocycles. The van der Waals surface area contributed by atoms with Gasteiger partial charge >= 0.3 is 0 Å². The highest BCUT2D eigenvalue weighted by Crippen LogP contribution is 2.32. The van der Waals surface area contributed by atoms with Gasteiger partial charge in [0.2, 0.25) is 11.8 Å². The molecule has 0 saturated carbocycles. The second-order valence-electron chi connectivity index (χ2n) is 9.07. The van der Waals surface area contributed by atoms with Crippen LogP contribution in [0.3, 0.4) is 0 Å². The van der Waals surface area contributed by atoms with E-state index in [0.717, 1.165) is 13.0 Å². The molecule has 2 N–H and O–H groups in total. The normalized spacial score (nSPS) is 22.2. The Morgan fingerprint density at radius 2 is 2.03 bits per heavy atom. The Bertz CT molecular complexity index is 877. The fourth-order valence-corrected chi connectivity index (χ4v) is 4.34. The number of nitrogens with one attached hydrogen (secondary N) is 2. The van der Waals surface area contributed by atoms with Crippen LogP contribution in [-0.2, 0) is 19.1 Å². The molecule has 34 heavy (non-hydrogen) atoms. The van der Waals surface area contributed by atoms with Crippen molar-refractivity contribution >= 4 is 23.4 Å². The first-order valence-corrected chi connectivity index (χ1v) is 11.7. The average Bonchev–Trinajstić information content (AvgIpc) is 2.79. The summed E-state index contributed by atoms with van der Waals surface area (Å²) in [5.74, 6) is -0.0899. The summed E-state index contributed by atoms with van der Waals surface area (Å²) in [6.07, 6.45) is 2.05. The van der Waals surface area contributed by atoms with Crippen LogP contribution in [0.2, 0.25) is 0 Å². The molecular weight excluding hydrogens is 440 g/mol. The average molecular weight is 477 g/mol. The zero-order valence-electron chi connectivity index (χ0n) is 20.5. The highest BCUT2D eigenvalue weighted by molar-refractivity contribution is 6.00. The number of rotatable bonds is 9. The number of hydrogen-bond donors (Lipinski definition) is 2. The van der Waals surface area contributed by atoms with Crippen molar-refractivity contribution in [3.05, 3.63) is 23.8 Å². The van der Waals surface area contributed by atoms with Crippen molar-refractivity contribution in [3.8, 4) is 5.75 Å². The molecule has 0 unspecified atom stereocenters. The molecule has 2 aliphatic heterocycles. The van der Waals surface area contributed by atoms with Crippen molar-refractivity contribution in [1.29, 1.82) is 0 Å². The summed E-state index contributed by atoms with van der Waals surface area (Å²) < 4.78 is 17.0. The van der Waals surface area contributed by atoms with Crippen LogP contribution in [-0.4, -0.2) is 100 Å². The number of fused-ring (bicyclic) bond motifs is 2. The molecule has 10 nitrogen and oxygen atoms in total. The monoisotopic (exact) mass is 476 g/mol. The molecule has 10 heteroatoms. The van der Waals surface area contributed by atoms with Crippen LogP contribution in [0.4, 0.5) is 5.69 Å². The Hall–Kier alpha value is -2.69. The summed E-state index contributed by atoms with van der Waals surface area (Å²) in [5, 5.41) is 5.67. The molecule has 1 fully saturated rings. The van der Waals surface area contributed by atoms with Crippen LogP contribution in [0.1, 0.15) is 36.0 Å². The number of carbonyl (C=O) groups is 3. The summed E-state index contributed by atoms with van der Waals surface area (Å²) in [5.41, 5.74) is 0.884. The van der Waals surface area contributed by atoms with Gasteiger partial charge in [0.25, 0.3) is 5.91 Å². The number of likely N-dealkylation sites (N-methyl/N-ethyl adjacent to an activating group) is 1. The third-order valence-electron chi connectivity index (χ3n) is 6.09. The van der Waals surface area contributed by atoms with E-state index < -0.39 is 0 Å². The van der Waals surface area contributed by atoms with E-state index in [4.69, 9.17) is 14.2 Å². The molecule has 2 aliphatic rings. The van der Waals surface area contributed by atoms with Crippen LogP contribution in [0.5, 0.6) is 5.75 Å². The molecule has 3 rings (SSSR count). The first-order chi connectivity index (χ1) is 16.3. The zero-order valence-corrected chi connectivity index (χ0v) is 20.5. The highest BCUT2D eigenvalue weighted by Gasteiger charge is 2.39. The SMILES string of the molecule is COCC(=O)Nc1ccc2c(c1)C(=O)N(C)[C@H]1CC[C@@H](CC(=O)NCCCN(C)C)O[C@H]1CO2. The van der Waals surface area contributed by atoms with Crippen LogP contribution in [0.25, 0.3) is 0 Å². The topological polar surface area (TPSA) is 109 Å². The maximum absolute atomic E-state index is 13.2. The standard InChI is InChI=1S/C24H36N4O6/c1-27(2)11-5-10-25-22(29)13-17-7-8-19-21(34-17)14-33-20-9-6-16(26-23(30)15-32-4)12-18(20)24(31)28(19)3/h6,9,12,17,19,21H,5,7-8,10-11,13-15H2,1-4H3,(H,25,29)(H,26,30)/t17-,19-,21-/m0/s1. The van der Waals surface area contributed by atoms with Crippen LogP contribution >= 0.6 is 0 Å². The Labute approximate surface area is 200 Å². The number of amides is 3. The second kappa shape index (κ2) is 12.1. The number of carbonyl (C=O) groups excluding carboxylic acids is 3. The number of anilines is 1. The van der Waals surface area contributed by atoms with Crippen molar-refractivity contribution in [2.24, 2.45) is 0 Å². The lowest BCUT2D eigenvalue weighted by Gasteiger charge is -2.42. The van der Waals surface area contributed by atoms with Crippen LogP contribution in [0, 0.1) is 0 Å². The summed E-state index contributed by atoms with van der Waals surface area (Å²) in [6, 6.07) is 4.82. The minimum Gasteiger partial charge on any atom is -0.490 e.